The van der Waals surface area contributed by atoms with Crippen LogP contribution in [0.15, 0.2) is 0 Å². The number of phosphoric acid groups is 1. The van der Waals surface area contributed by atoms with Gasteiger partial charge in [-0.05, 0) is 0 Å². The molecule has 0 saturated carbocycles. The largest absolute Gasteiger partial charge is 3.00 e. The van der Waals surface area contributed by atoms with E-state index in [0.29, 0.717) is 0 Å². The fraction of sp³-hybridized carbons (Fsp3) is 0. The zero-order valence-electron chi connectivity index (χ0n) is 3.77. The van der Waals surface area contributed by atoms with E-state index >= 15 is 0 Å². The monoisotopic (exact) mass is 164 g/mol. The summed E-state index contributed by atoms with van der Waals surface area (Å²) in [6.07, 6.45) is 0. The van der Waals surface area contributed by atoms with Gasteiger partial charge in [0.15, 0.2) is 0 Å². The van der Waals surface area contributed by atoms with E-state index in [1.807, 2.05) is 0 Å². The molecule has 0 atom stereocenters. The summed E-state index contributed by atoms with van der Waals surface area (Å²) in [5, 5.41) is 0. The van der Waals surface area contributed by atoms with Crippen LogP contribution in [0.25, 0.3) is 0 Å². The van der Waals surface area contributed by atoms with Crippen molar-refractivity contribution < 1.29 is 70.6 Å². The number of hydrogen-bond acceptors (Lipinski definition) is 1. The van der Waals surface area contributed by atoms with E-state index in [-0.39, 0.29) is 68.7 Å². The van der Waals surface area contributed by atoms with E-state index in [0.717, 1.165) is 0 Å². The van der Waals surface area contributed by atoms with Crippen LogP contribution < -0.4 is 51.4 Å². The van der Waals surface area contributed by atoms with Crippen molar-refractivity contribution in [2.75, 3.05) is 0 Å². The molecule has 0 radical (unpaired) electrons. The molecule has 0 aromatic carbocycles. The smallest absolute Gasteiger partial charge is 0.303 e. The van der Waals surface area contributed by atoms with Crippen molar-refractivity contribution in [2.45, 2.75) is 0 Å². The third-order valence-corrected chi connectivity index (χ3v) is 0. The van der Waals surface area contributed by atoms with Crippen molar-refractivity contribution in [3.63, 3.8) is 0 Å². The molecule has 0 heterocycles. The third kappa shape index (κ3) is 62.8. The van der Waals surface area contributed by atoms with Crippen molar-refractivity contribution in [3.8, 4) is 0 Å². The first-order valence-electron chi connectivity index (χ1n) is 0.783. The van der Waals surface area contributed by atoms with Gasteiger partial charge in [0.2, 0.25) is 0 Å². The molecule has 0 aromatic rings. The minimum atomic E-state index is -4.64. The molecular weight excluding hydrogens is 161 g/mol. The van der Waals surface area contributed by atoms with Crippen LogP contribution >= 0.6 is 7.82 Å². The number of rotatable bonds is 0. The molecule has 7 heavy (non-hydrogen) atoms. The van der Waals surface area contributed by atoms with Gasteiger partial charge in [-0.2, -0.15) is 0 Å². The molecule has 0 spiro atoms. The molecule has 0 fully saturated rings. The Labute approximate surface area is 94.1 Å². The molecule has 0 rings (SSSR count). The Morgan fingerprint density at radius 1 is 1.14 bits per heavy atom. The van der Waals surface area contributed by atoms with E-state index in [1.165, 1.54) is 0 Å². The van der Waals surface area contributed by atoms with Gasteiger partial charge in [-0.25, -0.2) is 4.57 Å². The Hall–Kier alpha value is 2.28. The number of hydrogen-bond donors (Lipinski definition) is 3. The summed E-state index contributed by atoms with van der Waals surface area (Å²) in [5.74, 6) is 0. The minimum Gasteiger partial charge on any atom is -0.303 e. The van der Waals surface area contributed by atoms with Gasteiger partial charge < -0.3 is 14.7 Å². The molecule has 3 N–H and O–H groups in total. The summed E-state index contributed by atoms with van der Waals surface area (Å²) in [6.45, 7) is 0. The van der Waals surface area contributed by atoms with E-state index < -0.39 is 7.82 Å². The van der Waals surface area contributed by atoms with Gasteiger partial charge in [0.05, 0.1) is 0 Å². The van der Waals surface area contributed by atoms with Crippen LogP contribution in [0.1, 0.15) is 0 Å². The second-order valence-electron chi connectivity index (χ2n) is 0.513. The molecule has 0 bridgehead atoms. The van der Waals surface area contributed by atoms with Gasteiger partial charge in [0.1, 0.15) is 0 Å². The van der Waals surface area contributed by atoms with Gasteiger partial charge >= 0.3 is 76.6 Å². The van der Waals surface area contributed by atoms with Crippen LogP contribution in [0.4, 0.5) is 0 Å². The van der Waals surface area contributed by atoms with Crippen molar-refractivity contribution in [1.29, 1.82) is 0 Å². The normalized spacial score (nSPS) is 8.43. The Bertz CT molecular complexity index is 57.8. The standard InChI is InChI=1S/Al.K.H3O4P/c;;1-5(2,3)4/h;;(H3,1,2,3,4)/q+3;+1;. The zero-order chi connectivity index (χ0) is 4.50. The summed E-state index contributed by atoms with van der Waals surface area (Å²) in [6, 6.07) is 0. The molecule has 0 amide bonds. The SMILES string of the molecule is O=P(O)(O)O.[Al+3].[K+]. The molecule has 0 saturated heterocycles. The van der Waals surface area contributed by atoms with E-state index in [9.17, 15) is 0 Å². The maximum absolute atomic E-state index is 8.88. The summed E-state index contributed by atoms with van der Waals surface area (Å²) in [4.78, 5) is 21.6. The maximum Gasteiger partial charge on any atom is 3.00 e. The van der Waals surface area contributed by atoms with Crippen molar-refractivity contribution in [3.05, 3.63) is 0 Å². The Morgan fingerprint density at radius 2 is 1.14 bits per heavy atom. The van der Waals surface area contributed by atoms with Crippen LogP contribution in [0.5, 0.6) is 0 Å². The van der Waals surface area contributed by atoms with Crippen molar-refractivity contribution >= 4 is 25.2 Å². The van der Waals surface area contributed by atoms with Gasteiger partial charge in [0.25, 0.3) is 0 Å². The van der Waals surface area contributed by atoms with E-state index in [2.05, 4.69) is 0 Å². The van der Waals surface area contributed by atoms with E-state index in [4.69, 9.17) is 19.2 Å². The predicted molar refractivity (Wildman–Crippen MR) is 20.0 cm³/mol. The van der Waals surface area contributed by atoms with Crippen LogP contribution in [0.2, 0.25) is 0 Å². The first kappa shape index (κ1) is 16.1. The Morgan fingerprint density at radius 3 is 1.14 bits per heavy atom. The molecule has 0 aliphatic rings. The second-order valence-corrected chi connectivity index (χ2v) is 1.54. The van der Waals surface area contributed by atoms with Crippen molar-refractivity contribution in [1.82, 2.24) is 0 Å². The minimum absolute atomic E-state index is 0. The molecule has 4 nitrogen and oxygen atoms in total. The zero-order valence-corrected chi connectivity index (χ0v) is 8.95. The van der Waals surface area contributed by atoms with Crippen LogP contribution in [-0.2, 0) is 4.57 Å². The van der Waals surface area contributed by atoms with Crippen LogP contribution in [0, 0.1) is 0 Å². The van der Waals surface area contributed by atoms with Gasteiger partial charge in [-0.1, -0.05) is 0 Å². The maximum atomic E-state index is 8.88. The molecule has 7 heteroatoms. The molecule has 0 aliphatic heterocycles. The molecule has 32 valence electrons. The van der Waals surface area contributed by atoms with Gasteiger partial charge in [0, 0.05) is 0 Å². The molecular formula is H3AlKO4P+4. The molecule has 0 unspecified atom stereocenters. The summed E-state index contributed by atoms with van der Waals surface area (Å²) in [5.41, 5.74) is 0. The fourth-order valence-electron chi connectivity index (χ4n) is 0. The Kier molecular flexibility index (Phi) is 14.7. The fourth-order valence-corrected chi connectivity index (χ4v) is 0. The first-order valence-corrected chi connectivity index (χ1v) is 2.35. The van der Waals surface area contributed by atoms with Gasteiger partial charge in [-0.15, -0.1) is 0 Å². The average molecular weight is 164 g/mol. The van der Waals surface area contributed by atoms with E-state index in [1.54, 1.807) is 0 Å². The quantitative estimate of drug-likeness (QED) is 0.250. The molecule has 0 aliphatic carbocycles. The van der Waals surface area contributed by atoms with Crippen LogP contribution in [-0.4, -0.2) is 32.0 Å². The summed E-state index contributed by atoms with van der Waals surface area (Å²) in [7, 11) is -4.64. The first-order chi connectivity index (χ1) is 2.00. The topological polar surface area (TPSA) is 77.8 Å². The Balaban J connectivity index is -0.0000000800. The van der Waals surface area contributed by atoms with Gasteiger partial charge in [-0.3, -0.25) is 0 Å². The van der Waals surface area contributed by atoms with Crippen molar-refractivity contribution in [2.24, 2.45) is 0 Å². The third-order valence-electron chi connectivity index (χ3n) is 0. The average Bonchev–Trinajstić information content (AvgIpc) is 0.722. The summed E-state index contributed by atoms with van der Waals surface area (Å²) >= 11 is 0. The van der Waals surface area contributed by atoms with Crippen LogP contribution in [0.3, 0.4) is 0 Å². The second kappa shape index (κ2) is 6.40. The molecule has 0 aromatic heterocycles. The summed E-state index contributed by atoms with van der Waals surface area (Å²) < 4.78 is 8.88. The predicted octanol–water partition coefficient (Wildman–Crippen LogP) is -4.31.